The zero-order valence-corrected chi connectivity index (χ0v) is 10.0. The summed E-state index contributed by atoms with van der Waals surface area (Å²) in [5, 5.41) is -1.21. The molecule has 2 atom stereocenters. The maximum Gasteiger partial charge on any atom is 0.124 e. The van der Waals surface area contributed by atoms with Crippen LogP contribution in [0.15, 0.2) is 25.0 Å². The third kappa shape index (κ3) is 7.08. The van der Waals surface area contributed by atoms with Gasteiger partial charge in [-0.25, -0.2) is 4.39 Å². The van der Waals surface area contributed by atoms with Gasteiger partial charge in [0.1, 0.15) is 5.41 Å². The lowest BCUT2D eigenvalue weighted by Gasteiger charge is -2.19. The van der Waals surface area contributed by atoms with E-state index >= 15 is 0 Å². The maximum atomic E-state index is 13.7. The molecule has 2 unspecified atom stereocenters. The van der Waals surface area contributed by atoms with Crippen LogP contribution < -0.4 is 0 Å². The van der Waals surface area contributed by atoms with Gasteiger partial charge in [-0.3, -0.25) is 0 Å². The number of alkyl halides is 1. The van der Waals surface area contributed by atoms with Gasteiger partial charge in [0.15, 0.2) is 0 Å². The first-order chi connectivity index (χ1) is 6.52. The molecule has 0 rings (SSSR count). The topological polar surface area (TPSA) is 9.23 Å². The van der Waals surface area contributed by atoms with Gasteiger partial charge in [0.05, 0.1) is 12.4 Å². The largest absolute Gasteiger partial charge is 0.499 e. The van der Waals surface area contributed by atoms with E-state index in [1.54, 1.807) is 6.08 Å². The van der Waals surface area contributed by atoms with Crippen molar-refractivity contribution in [2.45, 2.75) is 38.0 Å². The molecule has 0 aliphatic rings. The number of halogens is 1. The minimum absolute atomic E-state index is 0.435. The average molecular weight is 218 g/mol. The Kier molecular flexibility index (Phi) is 6.82. The molecule has 0 N–H and O–H groups in total. The zero-order chi connectivity index (χ0) is 11.0. The van der Waals surface area contributed by atoms with E-state index in [2.05, 4.69) is 22.4 Å². The van der Waals surface area contributed by atoms with Crippen LogP contribution in [-0.4, -0.2) is 12.0 Å². The van der Waals surface area contributed by atoms with Gasteiger partial charge < -0.3 is 4.74 Å². The second-order valence-electron chi connectivity index (χ2n) is 3.33. The predicted molar refractivity (Wildman–Crippen MR) is 63.0 cm³/mol. The van der Waals surface area contributed by atoms with Gasteiger partial charge in [-0.15, -0.1) is 6.58 Å². The molecule has 0 aliphatic heterocycles. The lowest BCUT2D eigenvalue weighted by molar-refractivity contribution is 0.195. The van der Waals surface area contributed by atoms with Gasteiger partial charge in [0.25, 0.3) is 0 Å². The summed E-state index contributed by atoms with van der Waals surface area (Å²) < 4.78 is 18.8. The van der Waals surface area contributed by atoms with E-state index in [0.717, 1.165) is 0 Å². The Morgan fingerprint density at radius 3 is 2.71 bits per heavy atom. The third-order valence-corrected chi connectivity index (χ3v) is 2.51. The van der Waals surface area contributed by atoms with Gasteiger partial charge in [-0.1, -0.05) is 21.9 Å². The summed E-state index contributed by atoms with van der Waals surface area (Å²) in [7, 11) is 2.26. The molecule has 0 aliphatic carbocycles. The van der Waals surface area contributed by atoms with Crippen molar-refractivity contribution < 1.29 is 9.13 Å². The molecule has 0 saturated carbocycles. The van der Waals surface area contributed by atoms with Crippen LogP contribution in [0.1, 0.15) is 32.6 Å². The summed E-state index contributed by atoms with van der Waals surface area (Å²) in [4.78, 5) is 0. The van der Waals surface area contributed by atoms with Crippen molar-refractivity contribution in [2.75, 3.05) is 6.61 Å². The summed E-state index contributed by atoms with van der Waals surface area (Å²) in [5.74, 6) is 0.663. The minimum atomic E-state index is -1.21. The first-order valence-electron chi connectivity index (χ1n) is 4.91. The van der Waals surface area contributed by atoms with E-state index in [1.165, 1.54) is 0 Å². The molecule has 0 aromatic rings. The van der Waals surface area contributed by atoms with E-state index < -0.39 is 5.41 Å². The van der Waals surface area contributed by atoms with E-state index in [-0.39, 0.29) is 0 Å². The smallest absolute Gasteiger partial charge is 0.124 e. The second-order valence-corrected chi connectivity index (χ2v) is 4.37. The molecule has 0 aromatic carbocycles. The van der Waals surface area contributed by atoms with Crippen LogP contribution in [0.4, 0.5) is 4.39 Å². The molecule has 0 heterocycles. The number of ether oxygens (including phenoxy) is 1. The molecule has 0 saturated heterocycles. The Morgan fingerprint density at radius 2 is 2.21 bits per heavy atom. The molecule has 14 heavy (non-hydrogen) atoms. The van der Waals surface area contributed by atoms with Gasteiger partial charge >= 0.3 is 0 Å². The van der Waals surface area contributed by atoms with Crippen LogP contribution in [0.2, 0.25) is 0 Å². The van der Waals surface area contributed by atoms with Crippen LogP contribution in [0.5, 0.6) is 0 Å². The number of hydrogen-bond acceptors (Lipinski definition) is 1. The summed E-state index contributed by atoms with van der Waals surface area (Å²) in [5.41, 5.74) is 0. The van der Waals surface area contributed by atoms with Gasteiger partial charge in [-0.05, 0) is 26.2 Å². The zero-order valence-electron chi connectivity index (χ0n) is 8.89. The van der Waals surface area contributed by atoms with Crippen molar-refractivity contribution in [2.24, 2.45) is 0 Å². The van der Waals surface area contributed by atoms with Gasteiger partial charge in [-0.2, -0.15) is 0 Å². The monoisotopic (exact) mass is 218 g/mol. The molecule has 3 heteroatoms. The van der Waals surface area contributed by atoms with Crippen LogP contribution in [-0.2, 0) is 4.74 Å². The van der Waals surface area contributed by atoms with Crippen molar-refractivity contribution in [3.63, 3.8) is 0 Å². The van der Waals surface area contributed by atoms with E-state index in [9.17, 15) is 4.39 Å². The normalized spacial score (nSPS) is 14.5. The Hall–Kier alpha value is -0.360. The minimum Gasteiger partial charge on any atom is -0.499 e. The average Bonchev–Trinajstić information content (AvgIpc) is 2.13. The molecular weight excluding hydrogens is 198 g/mol. The Bertz CT molecular complexity index is 190. The van der Waals surface area contributed by atoms with Crippen LogP contribution >= 0.6 is 9.24 Å². The summed E-state index contributed by atoms with van der Waals surface area (Å²) in [6, 6.07) is 0. The highest BCUT2D eigenvalue weighted by Crippen LogP contribution is 2.32. The van der Waals surface area contributed by atoms with Crippen molar-refractivity contribution >= 4 is 9.24 Å². The highest BCUT2D eigenvalue weighted by atomic mass is 31.0. The standard InChI is InChI=1S/C11H20FOP/c1-4-6-8-11(12,14)9-7-10(3)13-5-2/h4H,1,3,5-9,14H2,2H3. The molecular formula is C11H20FOP. The summed E-state index contributed by atoms with van der Waals surface area (Å²) in [6.07, 6.45) is 3.92. The molecule has 0 amide bonds. The summed E-state index contributed by atoms with van der Waals surface area (Å²) >= 11 is 0. The van der Waals surface area contributed by atoms with Gasteiger partial charge in [0, 0.05) is 6.42 Å². The molecule has 82 valence electrons. The number of rotatable bonds is 8. The molecule has 0 aromatic heterocycles. The van der Waals surface area contributed by atoms with E-state index in [0.29, 0.717) is 38.0 Å². The first-order valence-corrected chi connectivity index (χ1v) is 5.49. The lowest BCUT2D eigenvalue weighted by atomic mass is 10.1. The van der Waals surface area contributed by atoms with E-state index in [4.69, 9.17) is 4.74 Å². The fourth-order valence-corrected chi connectivity index (χ4v) is 1.40. The maximum absolute atomic E-state index is 13.7. The number of allylic oxidation sites excluding steroid dienone is 2. The van der Waals surface area contributed by atoms with Crippen LogP contribution in [0, 0.1) is 0 Å². The second kappa shape index (κ2) is 7.00. The van der Waals surface area contributed by atoms with Crippen molar-refractivity contribution in [3.8, 4) is 0 Å². The van der Waals surface area contributed by atoms with Crippen LogP contribution in [0.25, 0.3) is 0 Å². The SMILES string of the molecule is C=CCCC(F)(P)CCC(=C)OCC. The molecule has 0 fully saturated rings. The van der Waals surface area contributed by atoms with Crippen molar-refractivity contribution in [1.82, 2.24) is 0 Å². The fourth-order valence-electron chi connectivity index (χ4n) is 1.09. The summed E-state index contributed by atoms with van der Waals surface area (Å²) in [6.45, 7) is 9.77. The first kappa shape index (κ1) is 13.6. The highest BCUT2D eigenvalue weighted by molar-refractivity contribution is 7.18. The quantitative estimate of drug-likeness (QED) is 0.342. The molecule has 0 spiro atoms. The van der Waals surface area contributed by atoms with Crippen molar-refractivity contribution in [3.05, 3.63) is 25.0 Å². The van der Waals surface area contributed by atoms with Gasteiger partial charge in [0.2, 0.25) is 0 Å². The van der Waals surface area contributed by atoms with Crippen LogP contribution in [0.3, 0.4) is 0 Å². The Balaban J connectivity index is 3.73. The lowest BCUT2D eigenvalue weighted by Crippen LogP contribution is -2.13. The third-order valence-electron chi connectivity index (χ3n) is 1.93. The molecule has 1 nitrogen and oxygen atoms in total. The predicted octanol–water partition coefficient (Wildman–Crippen LogP) is 3.82. The van der Waals surface area contributed by atoms with E-state index in [1.807, 2.05) is 6.92 Å². The fraction of sp³-hybridized carbons (Fsp3) is 0.636. The molecule has 0 radical (unpaired) electrons. The Morgan fingerprint density at radius 1 is 1.57 bits per heavy atom. The molecule has 0 bridgehead atoms. The Labute approximate surface area is 88.6 Å². The highest BCUT2D eigenvalue weighted by Gasteiger charge is 2.22. The van der Waals surface area contributed by atoms with Crippen molar-refractivity contribution in [1.29, 1.82) is 0 Å². The number of hydrogen-bond donors (Lipinski definition) is 0.